The quantitative estimate of drug-likeness (QED) is 0.161. The summed E-state index contributed by atoms with van der Waals surface area (Å²) in [6.45, 7) is 29.2. The second-order valence-electron chi connectivity index (χ2n) is 16.3. The molecule has 2 heterocycles. The van der Waals surface area contributed by atoms with Crippen LogP contribution in [0.4, 0.5) is 13.6 Å². The molecule has 290 valence electrons. The van der Waals surface area contributed by atoms with Gasteiger partial charge in [0.05, 0.1) is 12.1 Å². The van der Waals surface area contributed by atoms with Crippen LogP contribution in [0.25, 0.3) is 0 Å². The van der Waals surface area contributed by atoms with Crippen LogP contribution in [-0.4, -0.2) is 57.8 Å². The van der Waals surface area contributed by atoms with Crippen molar-refractivity contribution in [1.82, 2.24) is 10.2 Å². The van der Waals surface area contributed by atoms with Gasteiger partial charge in [0.25, 0.3) is 11.8 Å². The number of hydrogen-bond donors (Lipinski definition) is 1. The molecule has 2 aromatic carbocycles. The van der Waals surface area contributed by atoms with Crippen LogP contribution in [0.2, 0.25) is 33.2 Å². The van der Waals surface area contributed by atoms with Gasteiger partial charge in [0.2, 0.25) is 16.6 Å². The fourth-order valence-electron chi connectivity index (χ4n) is 8.77. The van der Waals surface area contributed by atoms with E-state index in [1.165, 1.54) is 12.1 Å². The molecule has 0 bridgehead atoms. The molecular formula is C40H62F2N2O6Si2. The first-order valence-electron chi connectivity index (χ1n) is 18.8. The molecule has 3 amide bonds. The lowest BCUT2D eigenvalue weighted by Gasteiger charge is -2.51. The summed E-state index contributed by atoms with van der Waals surface area (Å²) < 4.78 is 47.1. The van der Waals surface area contributed by atoms with E-state index in [0.29, 0.717) is 22.2 Å². The van der Waals surface area contributed by atoms with Crippen molar-refractivity contribution in [1.29, 1.82) is 0 Å². The SMILES string of the molecule is CC(C)OC(=O)N1C(=O)[C@H](O[Si](C(C)C)(C(C)C)C(C)C)[C@@H]1c1ccccc1F.CC(C)[Si](O[C@H]1C(=O)N[C@H]1c1ccccc1F)(C(C)C)C(C)C. The van der Waals surface area contributed by atoms with Crippen molar-refractivity contribution in [3.8, 4) is 0 Å². The minimum atomic E-state index is -2.41. The zero-order chi connectivity index (χ0) is 39.5. The van der Waals surface area contributed by atoms with Crippen molar-refractivity contribution in [2.75, 3.05) is 0 Å². The van der Waals surface area contributed by atoms with Gasteiger partial charge >= 0.3 is 6.09 Å². The van der Waals surface area contributed by atoms with Crippen LogP contribution in [0, 0.1) is 11.6 Å². The van der Waals surface area contributed by atoms with E-state index < -0.39 is 52.7 Å². The molecule has 52 heavy (non-hydrogen) atoms. The Morgan fingerprint density at radius 1 is 0.635 bits per heavy atom. The average Bonchev–Trinajstić information content (AvgIpc) is 3.02. The van der Waals surface area contributed by atoms with Gasteiger partial charge in [0, 0.05) is 11.1 Å². The highest BCUT2D eigenvalue weighted by Gasteiger charge is 2.59. The molecule has 2 aromatic rings. The lowest BCUT2D eigenvalue weighted by molar-refractivity contribution is -0.161. The van der Waals surface area contributed by atoms with Crippen LogP contribution in [0.5, 0.6) is 0 Å². The first-order chi connectivity index (χ1) is 24.2. The summed E-state index contributed by atoms with van der Waals surface area (Å²) in [7, 11) is -4.59. The minimum Gasteiger partial charge on any atom is -0.446 e. The first kappa shape index (κ1) is 43.5. The Kier molecular flexibility index (Phi) is 14.6. The summed E-state index contributed by atoms with van der Waals surface area (Å²) in [5, 5.41) is 2.81. The molecule has 0 radical (unpaired) electrons. The summed E-state index contributed by atoms with van der Waals surface area (Å²) in [6.07, 6.45) is -2.60. The van der Waals surface area contributed by atoms with E-state index in [9.17, 15) is 23.2 Å². The molecule has 4 atom stereocenters. The van der Waals surface area contributed by atoms with Gasteiger partial charge in [-0.2, -0.15) is 0 Å². The summed E-state index contributed by atoms with van der Waals surface area (Å²) in [6, 6.07) is 11.6. The number of β-lactam (4-membered cyclic amide) rings is 2. The Balaban J connectivity index is 0.000000288. The van der Waals surface area contributed by atoms with Crippen molar-refractivity contribution in [3.63, 3.8) is 0 Å². The molecule has 8 nitrogen and oxygen atoms in total. The molecule has 2 saturated heterocycles. The summed E-state index contributed by atoms with van der Waals surface area (Å²) in [5.74, 6) is -1.34. The number of likely N-dealkylation sites (tertiary alicyclic amines) is 1. The lowest BCUT2D eigenvalue weighted by Crippen LogP contribution is -2.66. The van der Waals surface area contributed by atoms with Gasteiger partial charge in [-0.3, -0.25) is 9.59 Å². The second-order valence-corrected chi connectivity index (χ2v) is 27.1. The second kappa shape index (κ2) is 17.5. The molecule has 12 heteroatoms. The Bertz CT molecular complexity index is 1510. The number of carbonyl (C=O) groups excluding carboxylic acids is 3. The number of ether oxygens (including phenoxy) is 1. The van der Waals surface area contributed by atoms with Gasteiger partial charge in [0.15, 0.2) is 6.10 Å². The molecule has 2 aliphatic heterocycles. The highest BCUT2D eigenvalue weighted by atomic mass is 28.4. The maximum atomic E-state index is 14.6. The van der Waals surface area contributed by atoms with Gasteiger partial charge in [0.1, 0.15) is 23.8 Å². The fourth-order valence-corrected chi connectivity index (χ4v) is 19.8. The van der Waals surface area contributed by atoms with Gasteiger partial charge in [-0.15, -0.1) is 0 Å². The molecule has 4 rings (SSSR count). The van der Waals surface area contributed by atoms with Crippen molar-refractivity contribution >= 4 is 34.5 Å². The smallest absolute Gasteiger partial charge is 0.417 e. The maximum Gasteiger partial charge on any atom is 0.417 e. The third-order valence-corrected chi connectivity index (χ3v) is 23.1. The standard InChI is InChI=1S/C22H34FNO4Si.C18H28FNO2Si/c1-13(2)27-22(26)24-19(17-11-9-10-12-18(17)23)20(21(24)25)28-29(14(3)4,15(5)6)16(7)8;1-11(2)23(12(3)4,13(5)6)22-17-16(20-18(17)21)14-9-7-8-10-15(14)19/h9-16,19-20H,1-8H3;7-13,16-17H,1-6H3,(H,20,21)/t19-,20+;16-,17+/m00/s1. The number of nitrogens with zero attached hydrogens (tertiary/aromatic N) is 1. The van der Waals surface area contributed by atoms with Crippen molar-refractivity contribution in [3.05, 3.63) is 71.3 Å². The van der Waals surface area contributed by atoms with Gasteiger partial charge < -0.3 is 18.9 Å². The van der Waals surface area contributed by atoms with Crippen LogP contribution in [0.15, 0.2) is 48.5 Å². The van der Waals surface area contributed by atoms with E-state index in [2.05, 4.69) is 88.4 Å². The molecule has 1 N–H and O–H groups in total. The summed E-state index contributed by atoms with van der Waals surface area (Å²) in [5.41, 5.74) is 2.72. The van der Waals surface area contributed by atoms with Gasteiger partial charge in [-0.25, -0.2) is 18.5 Å². The molecule has 0 unspecified atom stereocenters. The monoisotopic (exact) mass is 760 g/mol. The molecule has 0 saturated carbocycles. The normalized spacial score (nSPS) is 20.8. The Morgan fingerprint density at radius 2 is 1.02 bits per heavy atom. The van der Waals surface area contributed by atoms with E-state index in [-0.39, 0.29) is 46.1 Å². The molecule has 2 aliphatic rings. The lowest BCUT2D eigenvalue weighted by atomic mass is 9.91. The summed E-state index contributed by atoms with van der Waals surface area (Å²) in [4.78, 5) is 38.7. The molecular weight excluding hydrogens is 699 g/mol. The van der Waals surface area contributed by atoms with Crippen LogP contribution < -0.4 is 5.32 Å². The topological polar surface area (TPSA) is 94.2 Å². The maximum absolute atomic E-state index is 14.6. The van der Waals surface area contributed by atoms with E-state index >= 15 is 0 Å². The van der Waals surface area contributed by atoms with E-state index in [1.54, 1.807) is 50.2 Å². The van der Waals surface area contributed by atoms with Crippen molar-refractivity contribution in [2.45, 2.75) is 161 Å². The largest absolute Gasteiger partial charge is 0.446 e. The van der Waals surface area contributed by atoms with Crippen LogP contribution in [-0.2, 0) is 23.2 Å². The number of nitrogens with one attached hydrogen (secondary N) is 1. The Morgan fingerprint density at radius 3 is 1.38 bits per heavy atom. The Labute approximate surface area is 312 Å². The highest BCUT2D eigenvalue weighted by Crippen LogP contribution is 2.49. The van der Waals surface area contributed by atoms with Crippen LogP contribution in [0.3, 0.4) is 0 Å². The predicted molar refractivity (Wildman–Crippen MR) is 207 cm³/mol. The zero-order valence-corrected chi connectivity index (χ0v) is 35.6. The van der Waals surface area contributed by atoms with Gasteiger partial charge in [-0.1, -0.05) is 119 Å². The van der Waals surface area contributed by atoms with E-state index in [1.807, 2.05) is 0 Å². The average molecular weight is 761 g/mol. The van der Waals surface area contributed by atoms with E-state index in [0.717, 1.165) is 4.90 Å². The zero-order valence-electron chi connectivity index (χ0n) is 33.6. The van der Waals surface area contributed by atoms with E-state index in [4.69, 9.17) is 13.6 Å². The number of carbonyl (C=O) groups is 3. The Hall–Kier alpha value is -2.94. The van der Waals surface area contributed by atoms with Crippen molar-refractivity contribution < 1.29 is 36.8 Å². The molecule has 0 aliphatic carbocycles. The van der Waals surface area contributed by atoms with Gasteiger partial charge in [-0.05, 0) is 59.2 Å². The molecule has 0 aromatic heterocycles. The predicted octanol–water partition coefficient (Wildman–Crippen LogP) is 10.4. The van der Waals surface area contributed by atoms with Crippen LogP contribution >= 0.6 is 0 Å². The van der Waals surface area contributed by atoms with Crippen molar-refractivity contribution in [2.24, 2.45) is 0 Å². The highest BCUT2D eigenvalue weighted by molar-refractivity contribution is 6.78. The number of halogens is 2. The van der Waals surface area contributed by atoms with Crippen LogP contribution in [0.1, 0.15) is 120 Å². The number of benzene rings is 2. The molecule has 0 spiro atoms. The fraction of sp³-hybridized carbons (Fsp3) is 0.625. The number of hydrogen-bond acceptors (Lipinski definition) is 6. The molecule has 2 fully saturated rings. The number of rotatable bonds is 13. The third kappa shape index (κ3) is 8.40. The number of imide groups is 1. The number of amides is 3. The minimum absolute atomic E-state index is 0.128. The first-order valence-corrected chi connectivity index (χ1v) is 23.1. The third-order valence-electron chi connectivity index (χ3n) is 11.0. The summed E-state index contributed by atoms with van der Waals surface area (Å²) >= 11 is 0.